The molecule has 2 aromatic rings. The van der Waals surface area contributed by atoms with Crippen LogP contribution in [0.15, 0.2) is 42.3 Å². The topological polar surface area (TPSA) is 75.2 Å². The van der Waals surface area contributed by atoms with Crippen molar-refractivity contribution < 1.29 is 14.0 Å². The summed E-state index contributed by atoms with van der Waals surface area (Å²) in [5.41, 5.74) is 0.271. The normalized spacial score (nSPS) is 15.6. The number of halogens is 1. The maximum Gasteiger partial charge on any atom is 0.276 e. The summed E-state index contributed by atoms with van der Waals surface area (Å²) in [6, 6.07) is 4.95. The van der Waals surface area contributed by atoms with Gasteiger partial charge in [-0.15, -0.1) is 11.7 Å². The van der Waals surface area contributed by atoms with E-state index in [4.69, 9.17) is 0 Å². The Morgan fingerprint density at radius 1 is 1.32 bits per heavy atom. The second kappa shape index (κ2) is 9.54. The zero-order valence-corrected chi connectivity index (χ0v) is 16.3. The molecule has 0 bridgehead atoms. The van der Waals surface area contributed by atoms with Crippen LogP contribution >= 0.6 is 11.5 Å². The van der Waals surface area contributed by atoms with E-state index in [1.165, 1.54) is 28.5 Å². The monoisotopic (exact) mass is 402 g/mol. The van der Waals surface area contributed by atoms with Gasteiger partial charge in [-0.2, -0.15) is 0 Å². The van der Waals surface area contributed by atoms with Gasteiger partial charge < -0.3 is 10.2 Å². The van der Waals surface area contributed by atoms with Crippen molar-refractivity contribution in [2.24, 2.45) is 0 Å². The van der Waals surface area contributed by atoms with E-state index in [1.807, 2.05) is 0 Å². The van der Waals surface area contributed by atoms with Crippen LogP contribution in [-0.4, -0.2) is 38.9 Å². The molecule has 1 fully saturated rings. The predicted octanol–water partition coefficient (Wildman–Crippen LogP) is 3.50. The summed E-state index contributed by atoms with van der Waals surface area (Å²) in [4.78, 5) is 27.5. The van der Waals surface area contributed by atoms with Crippen molar-refractivity contribution in [1.82, 2.24) is 19.8 Å². The minimum Gasteiger partial charge on any atom is -0.351 e. The highest BCUT2D eigenvalue weighted by molar-refractivity contribution is 7.03. The number of carbonyl (C=O) groups excluding carboxylic acids is 2. The Bertz CT molecular complexity index is 821. The van der Waals surface area contributed by atoms with E-state index >= 15 is 0 Å². The number of amides is 2. The lowest BCUT2D eigenvalue weighted by Gasteiger charge is -2.32. The number of nitrogens with zero attached hydrogens (tertiary/aromatic N) is 3. The van der Waals surface area contributed by atoms with Crippen molar-refractivity contribution in [2.45, 2.75) is 44.2 Å². The van der Waals surface area contributed by atoms with Crippen LogP contribution in [0.25, 0.3) is 0 Å². The van der Waals surface area contributed by atoms with Crippen LogP contribution in [0.1, 0.15) is 54.2 Å². The van der Waals surface area contributed by atoms with E-state index in [-0.39, 0.29) is 23.8 Å². The minimum atomic E-state index is -1.12. The maximum atomic E-state index is 14.6. The van der Waals surface area contributed by atoms with Crippen LogP contribution in [0.2, 0.25) is 0 Å². The quantitative estimate of drug-likeness (QED) is 0.720. The van der Waals surface area contributed by atoms with Crippen molar-refractivity contribution in [3.8, 4) is 0 Å². The number of benzene rings is 1. The summed E-state index contributed by atoms with van der Waals surface area (Å²) in [6.07, 6.45) is 6.55. The third-order valence-corrected chi connectivity index (χ3v) is 5.38. The first-order valence-electron chi connectivity index (χ1n) is 9.35. The summed E-state index contributed by atoms with van der Waals surface area (Å²) in [5, 5.41) is 8.34. The molecule has 148 valence electrons. The zero-order valence-electron chi connectivity index (χ0n) is 15.5. The fraction of sp³-hybridized carbons (Fsp3) is 0.400. The highest BCUT2D eigenvalue weighted by Gasteiger charge is 2.35. The van der Waals surface area contributed by atoms with Gasteiger partial charge in [0.15, 0.2) is 5.69 Å². The lowest BCUT2D eigenvalue weighted by molar-refractivity contribution is -0.126. The van der Waals surface area contributed by atoms with Gasteiger partial charge >= 0.3 is 0 Å². The molecule has 1 aromatic heterocycles. The fourth-order valence-electron chi connectivity index (χ4n) is 3.52. The molecule has 3 rings (SSSR count). The first kappa shape index (κ1) is 20.1. The molecule has 1 aliphatic rings. The summed E-state index contributed by atoms with van der Waals surface area (Å²) in [7, 11) is 0. The van der Waals surface area contributed by atoms with E-state index in [0.717, 1.165) is 43.6 Å². The van der Waals surface area contributed by atoms with Gasteiger partial charge in [-0.3, -0.25) is 9.59 Å². The van der Waals surface area contributed by atoms with Gasteiger partial charge in [-0.25, -0.2) is 4.39 Å². The Morgan fingerprint density at radius 3 is 2.71 bits per heavy atom. The molecule has 0 radical (unpaired) electrons. The third-order valence-electron chi connectivity index (χ3n) is 4.88. The molecule has 6 nitrogen and oxygen atoms in total. The standard InChI is InChI=1S/C20H23FN4O2S/c1-2-12-25(20(27)17-13-28-24-23-17)18(15-10-6-7-11-16(15)21)19(26)22-14-8-4-3-5-9-14/h2,6-7,10-11,13-14,18H,1,3-5,8-9,12H2,(H,22,26)/t18-/m1/s1. The van der Waals surface area contributed by atoms with E-state index in [9.17, 15) is 14.0 Å². The largest absolute Gasteiger partial charge is 0.351 e. The summed E-state index contributed by atoms with van der Waals surface area (Å²) in [6.45, 7) is 3.76. The molecule has 0 unspecified atom stereocenters. The predicted molar refractivity (Wildman–Crippen MR) is 105 cm³/mol. The average molecular weight is 402 g/mol. The number of hydrogen-bond donors (Lipinski definition) is 1. The van der Waals surface area contributed by atoms with Crippen LogP contribution in [0.4, 0.5) is 4.39 Å². The summed E-state index contributed by atoms with van der Waals surface area (Å²) in [5.74, 6) is -1.42. The highest BCUT2D eigenvalue weighted by Crippen LogP contribution is 2.27. The smallest absolute Gasteiger partial charge is 0.276 e. The fourth-order valence-corrected chi connectivity index (χ4v) is 3.95. The molecule has 28 heavy (non-hydrogen) atoms. The molecule has 1 aromatic carbocycles. The Hall–Kier alpha value is -2.61. The SMILES string of the molecule is C=CCN(C(=O)c1csnn1)[C@@H](C(=O)NC1CCCCC1)c1ccccc1F. The molecule has 0 saturated heterocycles. The molecule has 0 aliphatic heterocycles. The number of carbonyl (C=O) groups is 2. The Morgan fingerprint density at radius 2 is 2.07 bits per heavy atom. The molecule has 0 spiro atoms. The minimum absolute atomic E-state index is 0.0390. The second-order valence-electron chi connectivity index (χ2n) is 6.80. The number of nitrogens with one attached hydrogen (secondary N) is 1. The molecule has 1 saturated carbocycles. The summed E-state index contributed by atoms with van der Waals surface area (Å²) >= 11 is 1.04. The van der Waals surface area contributed by atoms with Crippen molar-refractivity contribution in [2.75, 3.05) is 6.54 Å². The third kappa shape index (κ3) is 4.62. The Balaban J connectivity index is 1.95. The van der Waals surface area contributed by atoms with Gasteiger partial charge in [-0.1, -0.05) is 48.0 Å². The highest BCUT2D eigenvalue weighted by atomic mass is 32.1. The van der Waals surface area contributed by atoms with Gasteiger partial charge in [0.25, 0.3) is 5.91 Å². The van der Waals surface area contributed by atoms with E-state index in [1.54, 1.807) is 12.1 Å². The average Bonchev–Trinajstić information content (AvgIpc) is 3.24. The van der Waals surface area contributed by atoms with E-state index < -0.39 is 23.7 Å². The van der Waals surface area contributed by atoms with Gasteiger partial charge in [0.2, 0.25) is 5.91 Å². The van der Waals surface area contributed by atoms with Crippen LogP contribution < -0.4 is 5.32 Å². The lowest BCUT2D eigenvalue weighted by Crippen LogP contribution is -2.47. The molecule has 1 atom stereocenters. The molecule has 1 heterocycles. The molecule has 1 aliphatic carbocycles. The van der Waals surface area contributed by atoms with Crippen molar-refractivity contribution in [3.63, 3.8) is 0 Å². The number of aromatic nitrogens is 2. The molecule has 2 amide bonds. The van der Waals surface area contributed by atoms with Gasteiger partial charge in [0.05, 0.1) is 0 Å². The van der Waals surface area contributed by atoms with Crippen LogP contribution in [0.5, 0.6) is 0 Å². The molecular weight excluding hydrogens is 379 g/mol. The van der Waals surface area contributed by atoms with Gasteiger partial charge in [0.1, 0.15) is 11.9 Å². The van der Waals surface area contributed by atoms with Crippen molar-refractivity contribution in [3.05, 3.63) is 59.4 Å². The first-order valence-corrected chi connectivity index (χ1v) is 10.2. The van der Waals surface area contributed by atoms with E-state index in [2.05, 4.69) is 21.5 Å². The maximum absolute atomic E-state index is 14.6. The Kier molecular flexibility index (Phi) is 6.86. The van der Waals surface area contributed by atoms with Crippen LogP contribution in [0, 0.1) is 5.82 Å². The van der Waals surface area contributed by atoms with Crippen LogP contribution in [0.3, 0.4) is 0 Å². The summed E-state index contributed by atoms with van der Waals surface area (Å²) < 4.78 is 18.3. The lowest BCUT2D eigenvalue weighted by atomic mass is 9.94. The van der Waals surface area contributed by atoms with E-state index in [0.29, 0.717) is 0 Å². The van der Waals surface area contributed by atoms with Crippen molar-refractivity contribution in [1.29, 1.82) is 0 Å². The van der Waals surface area contributed by atoms with Gasteiger partial charge in [0, 0.05) is 23.5 Å². The number of hydrogen-bond acceptors (Lipinski definition) is 5. The number of rotatable bonds is 7. The van der Waals surface area contributed by atoms with Crippen LogP contribution in [-0.2, 0) is 4.79 Å². The Labute approximate surface area is 167 Å². The molecule has 1 N–H and O–H groups in total. The molecule has 8 heteroatoms. The second-order valence-corrected chi connectivity index (χ2v) is 7.41. The molecular formula is C20H23FN4O2S. The van der Waals surface area contributed by atoms with Crippen molar-refractivity contribution >= 4 is 23.3 Å². The first-order chi connectivity index (χ1) is 13.6. The zero-order chi connectivity index (χ0) is 19.9. The van der Waals surface area contributed by atoms with Gasteiger partial charge in [-0.05, 0) is 30.4 Å².